The van der Waals surface area contributed by atoms with Gasteiger partial charge in [0.2, 0.25) is 0 Å². The van der Waals surface area contributed by atoms with Gasteiger partial charge < -0.3 is 10.4 Å². The lowest BCUT2D eigenvalue weighted by Crippen LogP contribution is -2.76. The number of hydrogen-bond donors (Lipinski definition) is 2. The van der Waals surface area contributed by atoms with Crippen LogP contribution in [0.3, 0.4) is 0 Å². The summed E-state index contributed by atoms with van der Waals surface area (Å²) in [7, 11) is 0. The van der Waals surface area contributed by atoms with E-state index in [0.29, 0.717) is 12.6 Å². The van der Waals surface area contributed by atoms with Crippen LogP contribution in [0.1, 0.15) is 27.2 Å². The minimum absolute atomic E-state index is 0.0117. The largest absolute Gasteiger partial charge is 0.465 e. The van der Waals surface area contributed by atoms with Gasteiger partial charge in [-0.15, -0.1) is 0 Å². The molecule has 4 heteroatoms. The molecule has 0 aromatic heterocycles. The number of carboxylic acid groups (broad SMARTS) is 1. The molecule has 0 bridgehead atoms. The third-order valence-electron chi connectivity index (χ3n) is 3.85. The summed E-state index contributed by atoms with van der Waals surface area (Å²) in [5, 5.41) is 12.5. The minimum atomic E-state index is -0.774. The zero-order valence-electron chi connectivity index (χ0n) is 9.00. The van der Waals surface area contributed by atoms with E-state index in [4.69, 9.17) is 5.11 Å². The van der Waals surface area contributed by atoms with Gasteiger partial charge in [0.25, 0.3) is 0 Å². The molecule has 2 rings (SSSR count). The number of carbonyl (C=O) groups is 1. The van der Waals surface area contributed by atoms with Crippen LogP contribution in [0.4, 0.5) is 4.79 Å². The molecule has 0 aromatic carbocycles. The lowest BCUT2D eigenvalue weighted by atomic mass is 9.65. The first kappa shape index (κ1) is 9.77. The maximum atomic E-state index is 11.1. The lowest BCUT2D eigenvalue weighted by Gasteiger charge is -2.57. The minimum Gasteiger partial charge on any atom is -0.465 e. The first-order valence-electron chi connectivity index (χ1n) is 5.13. The van der Waals surface area contributed by atoms with E-state index in [-0.39, 0.29) is 11.0 Å². The highest BCUT2D eigenvalue weighted by Gasteiger charge is 2.62. The van der Waals surface area contributed by atoms with Crippen molar-refractivity contribution in [1.82, 2.24) is 10.2 Å². The second-order valence-corrected chi connectivity index (χ2v) is 5.33. The molecule has 2 fully saturated rings. The van der Waals surface area contributed by atoms with Crippen molar-refractivity contribution in [2.75, 3.05) is 13.1 Å². The Hall–Kier alpha value is -0.770. The number of nitrogens with one attached hydrogen (secondary N) is 1. The Morgan fingerprint density at radius 3 is 2.50 bits per heavy atom. The highest BCUT2D eigenvalue weighted by Crippen LogP contribution is 2.47. The molecule has 0 saturated carbocycles. The average Bonchev–Trinajstić information content (AvgIpc) is 2.21. The molecule has 0 spiro atoms. The first-order valence-corrected chi connectivity index (χ1v) is 5.13. The van der Waals surface area contributed by atoms with Gasteiger partial charge in [0, 0.05) is 19.1 Å². The number of rotatable bonds is 0. The highest BCUT2D eigenvalue weighted by molar-refractivity contribution is 5.68. The maximum absolute atomic E-state index is 11.1. The van der Waals surface area contributed by atoms with Crippen LogP contribution < -0.4 is 5.32 Å². The van der Waals surface area contributed by atoms with Crippen molar-refractivity contribution in [3.63, 3.8) is 0 Å². The Kier molecular flexibility index (Phi) is 1.83. The topological polar surface area (TPSA) is 52.6 Å². The van der Waals surface area contributed by atoms with Crippen molar-refractivity contribution in [1.29, 1.82) is 0 Å². The van der Waals surface area contributed by atoms with Crippen LogP contribution >= 0.6 is 0 Å². The fourth-order valence-electron chi connectivity index (χ4n) is 2.98. The van der Waals surface area contributed by atoms with Crippen molar-refractivity contribution >= 4 is 6.09 Å². The molecule has 0 radical (unpaired) electrons. The molecule has 4 nitrogen and oxygen atoms in total. The maximum Gasteiger partial charge on any atom is 0.407 e. The Morgan fingerprint density at radius 2 is 2.21 bits per heavy atom. The second kappa shape index (κ2) is 2.63. The molecule has 14 heavy (non-hydrogen) atoms. The van der Waals surface area contributed by atoms with Crippen LogP contribution in [0.15, 0.2) is 0 Å². The van der Waals surface area contributed by atoms with Crippen LogP contribution in [0.25, 0.3) is 0 Å². The van der Waals surface area contributed by atoms with E-state index >= 15 is 0 Å². The number of nitrogens with zero attached hydrogens (tertiary/aromatic N) is 1. The quantitative estimate of drug-likeness (QED) is 0.613. The SMILES string of the molecule is CC(C)(C)[C@@]12CN[C@@H]1CCN2C(=O)O. The molecular formula is C10H18N2O2. The van der Waals surface area contributed by atoms with Gasteiger partial charge in [-0.25, -0.2) is 4.79 Å². The zero-order chi connectivity index (χ0) is 10.6. The first-order chi connectivity index (χ1) is 6.39. The second-order valence-electron chi connectivity index (χ2n) is 5.33. The van der Waals surface area contributed by atoms with E-state index in [1.807, 2.05) is 0 Å². The molecule has 2 saturated heterocycles. The Morgan fingerprint density at radius 1 is 1.57 bits per heavy atom. The van der Waals surface area contributed by atoms with Crippen molar-refractivity contribution in [3.05, 3.63) is 0 Å². The van der Waals surface area contributed by atoms with E-state index in [1.54, 1.807) is 4.90 Å². The molecule has 2 aliphatic heterocycles. The summed E-state index contributed by atoms with van der Waals surface area (Å²) in [4.78, 5) is 12.8. The molecule has 0 aromatic rings. The summed E-state index contributed by atoms with van der Waals surface area (Å²) >= 11 is 0. The predicted octanol–water partition coefficient (Wildman–Crippen LogP) is 1.13. The van der Waals surface area contributed by atoms with Crippen molar-refractivity contribution in [3.8, 4) is 0 Å². The van der Waals surface area contributed by atoms with Crippen molar-refractivity contribution < 1.29 is 9.90 Å². The normalized spacial score (nSPS) is 36.5. The van der Waals surface area contributed by atoms with E-state index < -0.39 is 6.09 Å². The number of hydrogen-bond acceptors (Lipinski definition) is 2. The van der Waals surface area contributed by atoms with E-state index in [2.05, 4.69) is 26.1 Å². The zero-order valence-corrected chi connectivity index (χ0v) is 9.00. The Labute approximate surface area is 84.3 Å². The van der Waals surface area contributed by atoms with Crippen molar-refractivity contribution in [2.45, 2.75) is 38.8 Å². The summed E-state index contributed by atoms with van der Waals surface area (Å²) in [6, 6.07) is 0.360. The number of amides is 1. The highest BCUT2D eigenvalue weighted by atomic mass is 16.4. The average molecular weight is 198 g/mol. The van der Waals surface area contributed by atoms with Gasteiger partial charge in [-0.1, -0.05) is 20.8 Å². The standard InChI is InChI=1S/C10H18N2O2/c1-9(2,3)10-6-11-7(10)4-5-12(10)8(13)14/h7,11H,4-6H2,1-3H3,(H,13,14)/t7-,10-/m1/s1. The van der Waals surface area contributed by atoms with E-state index in [1.165, 1.54) is 0 Å². The summed E-state index contributed by atoms with van der Waals surface area (Å²) in [6.45, 7) is 7.85. The van der Waals surface area contributed by atoms with Crippen LogP contribution in [0.2, 0.25) is 0 Å². The lowest BCUT2D eigenvalue weighted by molar-refractivity contribution is -0.0299. The van der Waals surface area contributed by atoms with E-state index in [0.717, 1.165) is 13.0 Å². The van der Waals surface area contributed by atoms with Crippen molar-refractivity contribution in [2.24, 2.45) is 5.41 Å². The van der Waals surface area contributed by atoms with Crippen LogP contribution in [0, 0.1) is 5.41 Å². The van der Waals surface area contributed by atoms with Gasteiger partial charge in [0.1, 0.15) is 0 Å². The third kappa shape index (κ3) is 0.947. The Balaban J connectivity index is 2.34. The molecule has 2 N–H and O–H groups in total. The fraction of sp³-hybridized carbons (Fsp3) is 0.900. The molecule has 80 valence electrons. The molecule has 1 amide bonds. The number of likely N-dealkylation sites (tertiary alicyclic amines) is 1. The van der Waals surface area contributed by atoms with Gasteiger partial charge in [-0.05, 0) is 11.8 Å². The molecule has 2 heterocycles. The fourth-order valence-corrected chi connectivity index (χ4v) is 2.98. The molecule has 2 aliphatic rings. The molecular weight excluding hydrogens is 180 g/mol. The van der Waals surface area contributed by atoms with Gasteiger partial charge in [-0.2, -0.15) is 0 Å². The number of fused-ring (bicyclic) bond motifs is 1. The van der Waals surface area contributed by atoms with Gasteiger partial charge in [0.15, 0.2) is 0 Å². The summed E-state index contributed by atoms with van der Waals surface area (Å²) in [6.07, 6.45) is 0.174. The summed E-state index contributed by atoms with van der Waals surface area (Å²) < 4.78 is 0. The molecule has 0 unspecified atom stereocenters. The van der Waals surface area contributed by atoms with Gasteiger partial charge in [0.05, 0.1) is 5.54 Å². The summed E-state index contributed by atoms with van der Waals surface area (Å²) in [5.41, 5.74) is -0.156. The van der Waals surface area contributed by atoms with E-state index in [9.17, 15) is 4.79 Å². The van der Waals surface area contributed by atoms with Crippen LogP contribution in [-0.4, -0.2) is 40.8 Å². The van der Waals surface area contributed by atoms with Gasteiger partial charge >= 0.3 is 6.09 Å². The monoisotopic (exact) mass is 198 g/mol. The third-order valence-corrected chi connectivity index (χ3v) is 3.85. The van der Waals surface area contributed by atoms with Gasteiger partial charge in [-0.3, -0.25) is 4.90 Å². The summed E-state index contributed by atoms with van der Waals surface area (Å²) in [5.74, 6) is 0. The van der Waals surface area contributed by atoms with Crippen LogP contribution in [-0.2, 0) is 0 Å². The molecule has 2 atom stereocenters. The molecule has 0 aliphatic carbocycles. The Bertz CT molecular complexity index is 272. The smallest absolute Gasteiger partial charge is 0.407 e. The predicted molar refractivity (Wildman–Crippen MR) is 53.3 cm³/mol. The van der Waals surface area contributed by atoms with Crippen LogP contribution in [0.5, 0.6) is 0 Å².